The first kappa shape index (κ1) is 15.8. The summed E-state index contributed by atoms with van der Waals surface area (Å²) in [4.78, 5) is 36.1. The third-order valence-corrected chi connectivity index (χ3v) is 4.66. The number of carbonyl (C=O) groups is 3. The zero-order valence-corrected chi connectivity index (χ0v) is 13.4. The molecule has 0 bridgehead atoms. The van der Waals surface area contributed by atoms with Gasteiger partial charge < -0.3 is 10.2 Å². The Morgan fingerprint density at radius 1 is 1.26 bits per heavy atom. The number of halogens is 1. The summed E-state index contributed by atoms with van der Waals surface area (Å²) in [6.45, 7) is 0.790. The zero-order valence-electron chi connectivity index (χ0n) is 12.6. The molecule has 0 aromatic heterocycles. The van der Waals surface area contributed by atoms with Crippen molar-refractivity contribution in [2.75, 3.05) is 19.6 Å². The molecule has 7 heteroatoms. The highest BCUT2D eigenvalue weighted by Crippen LogP contribution is 2.47. The van der Waals surface area contributed by atoms with Crippen LogP contribution in [0.3, 0.4) is 0 Å². The molecule has 1 aliphatic carbocycles. The summed E-state index contributed by atoms with van der Waals surface area (Å²) in [5.41, 5.74) is 1.16. The van der Waals surface area contributed by atoms with Gasteiger partial charge in [-0.25, -0.2) is 4.79 Å². The van der Waals surface area contributed by atoms with Gasteiger partial charge in [-0.05, 0) is 30.5 Å². The van der Waals surface area contributed by atoms with Crippen molar-refractivity contribution >= 4 is 29.4 Å². The van der Waals surface area contributed by atoms with Gasteiger partial charge in [-0.2, -0.15) is 0 Å². The normalized spacial score (nSPS) is 19.3. The summed E-state index contributed by atoms with van der Waals surface area (Å²) in [5.74, 6) is -0.513. The number of imide groups is 1. The van der Waals surface area contributed by atoms with Gasteiger partial charge in [0.1, 0.15) is 6.54 Å². The van der Waals surface area contributed by atoms with Crippen LogP contribution in [0.1, 0.15) is 24.8 Å². The summed E-state index contributed by atoms with van der Waals surface area (Å²) in [6, 6.07) is 7.19. The second kappa shape index (κ2) is 6.20. The summed E-state index contributed by atoms with van der Waals surface area (Å²) >= 11 is 5.91. The van der Waals surface area contributed by atoms with Crippen LogP contribution in [0.4, 0.5) is 4.79 Å². The summed E-state index contributed by atoms with van der Waals surface area (Å²) in [7, 11) is 0. The lowest BCUT2D eigenvalue weighted by atomic mass is 9.96. The van der Waals surface area contributed by atoms with Gasteiger partial charge in [0.05, 0.1) is 0 Å². The molecule has 3 rings (SSSR count). The van der Waals surface area contributed by atoms with E-state index in [1.807, 2.05) is 24.3 Å². The van der Waals surface area contributed by atoms with Crippen molar-refractivity contribution in [1.29, 1.82) is 0 Å². The van der Waals surface area contributed by atoms with E-state index in [0.29, 0.717) is 11.6 Å². The van der Waals surface area contributed by atoms with E-state index in [9.17, 15) is 14.4 Å². The molecule has 2 aliphatic rings. The average Bonchev–Trinajstić information content (AvgIpc) is 3.30. The molecule has 1 saturated heterocycles. The third kappa shape index (κ3) is 3.64. The highest BCUT2D eigenvalue weighted by molar-refractivity contribution is 6.30. The quantitative estimate of drug-likeness (QED) is 0.854. The third-order valence-electron chi connectivity index (χ3n) is 4.41. The lowest BCUT2D eigenvalue weighted by Crippen LogP contribution is -2.52. The van der Waals surface area contributed by atoms with Crippen LogP contribution in [0, 0.1) is 0 Å². The molecule has 0 unspecified atom stereocenters. The number of nitrogens with zero attached hydrogens (tertiary/aromatic N) is 1. The van der Waals surface area contributed by atoms with Gasteiger partial charge in [0.15, 0.2) is 0 Å². The maximum absolute atomic E-state index is 12.1. The molecule has 2 N–H and O–H groups in total. The van der Waals surface area contributed by atoms with Gasteiger partial charge in [0, 0.05) is 29.9 Å². The van der Waals surface area contributed by atoms with Crippen molar-refractivity contribution in [3.63, 3.8) is 0 Å². The Morgan fingerprint density at radius 2 is 1.96 bits per heavy atom. The van der Waals surface area contributed by atoms with Crippen LogP contribution in [0.15, 0.2) is 24.3 Å². The molecule has 0 spiro atoms. The molecule has 1 aromatic rings. The van der Waals surface area contributed by atoms with Gasteiger partial charge in [-0.3, -0.25) is 14.9 Å². The van der Waals surface area contributed by atoms with E-state index in [1.54, 1.807) is 0 Å². The minimum atomic E-state index is -0.504. The molecule has 0 atom stereocenters. The fraction of sp³-hybridized carbons (Fsp3) is 0.438. The Hall–Kier alpha value is -2.08. The van der Waals surface area contributed by atoms with Gasteiger partial charge in [0.25, 0.3) is 0 Å². The maximum Gasteiger partial charge on any atom is 0.324 e. The van der Waals surface area contributed by atoms with Gasteiger partial charge in [-0.15, -0.1) is 0 Å². The van der Waals surface area contributed by atoms with Gasteiger partial charge >= 0.3 is 6.03 Å². The second-order valence-corrected chi connectivity index (χ2v) is 6.53. The predicted molar refractivity (Wildman–Crippen MR) is 85.1 cm³/mol. The van der Waals surface area contributed by atoms with Crippen molar-refractivity contribution in [1.82, 2.24) is 15.5 Å². The summed E-state index contributed by atoms with van der Waals surface area (Å²) < 4.78 is 0. The number of amides is 4. The van der Waals surface area contributed by atoms with E-state index < -0.39 is 6.03 Å². The van der Waals surface area contributed by atoms with E-state index in [1.165, 1.54) is 10.5 Å². The molecule has 0 radical (unpaired) electrons. The van der Waals surface area contributed by atoms with Crippen LogP contribution >= 0.6 is 11.6 Å². The molecule has 4 amide bonds. The van der Waals surface area contributed by atoms with Gasteiger partial charge in [0.2, 0.25) is 11.8 Å². The van der Waals surface area contributed by atoms with E-state index in [4.69, 9.17) is 11.6 Å². The van der Waals surface area contributed by atoms with E-state index in [2.05, 4.69) is 10.6 Å². The maximum atomic E-state index is 12.1. The van der Waals surface area contributed by atoms with Crippen molar-refractivity contribution in [2.45, 2.75) is 24.7 Å². The van der Waals surface area contributed by atoms with Crippen LogP contribution in [0.5, 0.6) is 0 Å². The van der Waals surface area contributed by atoms with E-state index in [-0.39, 0.29) is 36.7 Å². The van der Waals surface area contributed by atoms with E-state index >= 15 is 0 Å². The van der Waals surface area contributed by atoms with Crippen LogP contribution in [-0.2, 0) is 15.0 Å². The lowest BCUT2D eigenvalue weighted by molar-refractivity contribution is -0.125. The van der Waals surface area contributed by atoms with Crippen molar-refractivity contribution < 1.29 is 14.4 Å². The molecule has 23 heavy (non-hydrogen) atoms. The largest absolute Gasteiger partial charge is 0.354 e. The number of urea groups is 1. The smallest absolute Gasteiger partial charge is 0.324 e. The highest BCUT2D eigenvalue weighted by Gasteiger charge is 2.44. The molecule has 1 aromatic carbocycles. The second-order valence-electron chi connectivity index (χ2n) is 6.09. The number of hydrogen-bond acceptors (Lipinski definition) is 3. The minimum absolute atomic E-state index is 0.0135. The standard InChI is InChI=1S/C16H18ClN3O3/c17-12-3-1-11(2-4-12)16(6-7-16)10-18-14(22)9-20-8-5-13(21)19-15(20)23/h1-4H,5-10H2,(H,18,22)(H,19,21,23). The lowest BCUT2D eigenvalue weighted by Gasteiger charge is -2.26. The number of rotatable bonds is 5. The molecular weight excluding hydrogens is 318 g/mol. The molecule has 1 aliphatic heterocycles. The monoisotopic (exact) mass is 335 g/mol. The predicted octanol–water partition coefficient (Wildman–Crippen LogP) is 1.43. The van der Waals surface area contributed by atoms with E-state index in [0.717, 1.165) is 12.8 Å². The SMILES string of the molecule is O=C(CN1CCC(=O)NC1=O)NCC1(c2ccc(Cl)cc2)CC1. The van der Waals surface area contributed by atoms with Crippen molar-refractivity contribution in [3.8, 4) is 0 Å². The van der Waals surface area contributed by atoms with Crippen molar-refractivity contribution in [2.24, 2.45) is 0 Å². The topological polar surface area (TPSA) is 78.5 Å². The Balaban J connectivity index is 1.52. The van der Waals surface area contributed by atoms with Gasteiger partial charge in [-0.1, -0.05) is 23.7 Å². The first-order valence-corrected chi connectivity index (χ1v) is 7.98. The Labute approximate surface area is 139 Å². The van der Waals surface area contributed by atoms with Crippen molar-refractivity contribution in [3.05, 3.63) is 34.9 Å². The highest BCUT2D eigenvalue weighted by atomic mass is 35.5. The van der Waals surface area contributed by atoms with Crippen LogP contribution in [0.25, 0.3) is 0 Å². The number of carbonyl (C=O) groups excluding carboxylic acids is 3. The number of benzene rings is 1. The molecular formula is C16H18ClN3O3. The Bertz CT molecular complexity index is 640. The summed E-state index contributed by atoms with van der Waals surface area (Å²) in [6.07, 6.45) is 2.27. The minimum Gasteiger partial charge on any atom is -0.354 e. The summed E-state index contributed by atoms with van der Waals surface area (Å²) in [5, 5.41) is 5.80. The molecule has 1 saturated carbocycles. The fourth-order valence-electron chi connectivity index (χ4n) is 2.77. The Kier molecular flexibility index (Phi) is 4.26. The average molecular weight is 336 g/mol. The number of nitrogens with one attached hydrogen (secondary N) is 2. The fourth-order valence-corrected chi connectivity index (χ4v) is 2.89. The molecule has 2 fully saturated rings. The van der Waals surface area contributed by atoms with Crippen LogP contribution in [-0.4, -0.2) is 42.4 Å². The van der Waals surface area contributed by atoms with Crippen LogP contribution in [0.2, 0.25) is 5.02 Å². The van der Waals surface area contributed by atoms with Crippen LogP contribution < -0.4 is 10.6 Å². The molecule has 122 valence electrons. The zero-order chi connectivity index (χ0) is 16.4. The molecule has 1 heterocycles. The number of hydrogen-bond donors (Lipinski definition) is 2. The first-order chi connectivity index (χ1) is 11.0. The first-order valence-electron chi connectivity index (χ1n) is 7.60. The Morgan fingerprint density at radius 3 is 2.57 bits per heavy atom. The molecule has 6 nitrogen and oxygen atoms in total.